The zero-order valence-corrected chi connectivity index (χ0v) is 15.2. The fourth-order valence-electron chi connectivity index (χ4n) is 4.13. The standard InChI is InChI=1S/C19H23FN4O2/c1-19(2,3)26-18(25)23-15-7-4-12(10-15)16(23)17-21-11-22-24(17)14-8-5-13(20)6-9-14/h5-6,8-9,11-12,15-16H,4,7,10H2,1-3H3/t12-,15+,16-/m0/s1. The molecule has 1 aliphatic carbocycles. The van der Waals surface area contributed by atoms with E-state index in [9.17, 15) is 9.18 Å². The first-order valence-electron chi connectivity index (χ1n) is 9.00. The van der Waals surface area contributed by atoms with E-state index in [1.807, 2.05) is 25.7 Å². The third kappa shape index (κ3) is 2.95. The zero-order valence-electron chi connectivity index (χ0n) is 15.2. The Morgan fingerprint density at radius 1 is 1.23 bits per heavy atom. The second-order valence-electron chi connectivity index (χ2n) is 8.07. The number of carbonyl (C=O) groups is 1. The minimum Gasteiger partial charge on any atom is -0.444 e. The highest BCUT2D eigenvalue weighted by Gasteiger charge is 2.51. The van der Waals surface area contributed by atoms with Crippen molar-refractivity contribution in [2.24, 2.45) is 5.92 Å². The molecule has 0 spiro atoms. The summed E-state index contributed by atoms with van der Waals surface area (Å²) < 4.78 is 20.6. The van der Waals surface area contributed by atoms with Crippen LogP contribution in [0.15, 0.2) is 30.6 Å². The van der Waals surface area contributed by atoms with Gasteiger partial charge in [0.05, 0.1) is 11.7 Å². The fourth-order valence-corrected chi connectivity index (χ4v) is 4.13. The van der Waals surface area contributed by atoms with Gasteiger partial charge in [-0.2, -0.15) is 5.10 Å². The molecule has 1 aromatic carbocycles. The molecule has 0 N–H and O–H groups in total. The van der Waals surface area contributed by atoms with Crippen molar-refractivity contribution in [2.75, 3.05) is 0 Å². The number of halogens is 1. The highest BCUT2D eigenvalue weighted by atomic mass is 19.1. The quantitative estimate of drug-likeness (QED) is 0.818. The van der Waals surface area contributed by atoms with Crippen molar-refractivity contribution < 1.29 is 13.9 Å². The Labute approximate surface area is 152 Å². The second kappa shape index (κ2) is 6.07. The summed E-state index contributed by atoms with van der Waals surface area (Å²) in [4.78, 5) is 19.1. The molecule has 1 saturated carbocycles. The van der Waals surface area contributed by atoms with Gasteiger partial charge in [-0.1, -0.05) is 0 Å². The van der Waals surface area contributed by atoms with E-state index in [0.717, 1.165) is 24.9 Å². The number of ether oxygens (including phenoxy) is 1. The number of hydrogen-bond donors (Lipinski definition) is 0. The molecule has 1 amide bonds. The maximum Gasteiger partial charge on any atom is 0.411 e. The lowest BCUT2D eigenvalue weighted by Gasteiger charge is -2.35. The van der Waals surface area contributed by atoms with Gasteiger partial charge in [-0.05, 0) is 70.2 Å². The van der Waals surface area contributed by atoms with Crippen LogP contribution >= 0.6 is 0 Å². The molecule has 1 aromatic heterocycles. The molecular weight excluding hydrogens is 335 g/mol. The molecule has 2 bridgehead atoms. The molecule has 2 fully saturated rings. The molecule has 1 saturated heterocycles. The van der Waals surface area contributed by atoms with Gasteiger partial charge in [0.25, 0.3) is 0 Å². The number of rotatable bonds is 2. The molecule has 26 heavy (non-hydrogen) atoms. The average Bonchev–Trinajstić information content (AvgIpc) is 3.28. The Balaban J connectivity index is 1.69. The zero-order chi connectivity index (χ0) is 18.5. The number of piperidine rings is 1. The molecule has 3 atom stereocenters. The van der Waals surface area contributed by atoms with Crippen LogP contribution in [0.5, 0.6) is 0 Å². The van der Waals surface area contributed by atoms with Gasteiger partial charge in [0, 0.05) is 6.04 Å². The van der Waals surface area contributed by atoms with Gasteiger partial charge in [-0.25, -0.2) is 18.9 Å². The third-order valence-electron chi connectivity index (χ3n) is 5.10. The predicted octanol–water partition coefficient (Wildman–Crippen LogP) is 3.87. The summed E-state index contributed by atoms with van der Waals surface area (Å²) in [5.74, 6) is 0.747. The molecular formula is C19H23FN4O2. The van der Waals surface area contributed by atoms with Crippen molar-refractivity contribution in [1.82, 2.24) is 19.7 Å². The summed E-state index contributed by atoms with van der Waals surface area (Å²) in [6, 6.07) is 6.13. The number of fused-ring (bicyclic) bond motifs is 2. The van der Waals surface area contributed by atoms with Crippen LogP contribution in [0, 0.1) is 11.7 Å². The summed E-state index contributed by atoms with van der Waals surface area (Å²) in [5, 5.41) is 4.32. The maximum absolute atomic E-state index is 13.3. The fraction of sp³-hybridized carbons (Fsp3) is 0.526. The maximum atomic E-state index is 13.3. The third-order valence-corrected chi connectivity index (χ3v) is 5.10. The summed E-state index contributed by atoms with van der Waals surface area (Å²) in [6.07, 6.45) is 4.19. The van der Waals surface area contributed by atoms with Crippen LogP contribution in [0.4, 0.5) is 9.18 Å². The molecule has 138 valence electrons. The lowest BCUT2D eigenvalue weighted by Crippen LogP contribution is -2.44. The van der Waals surface area contributed by atoms with Gasteiger partial charge in [0.2, 0.25) is 0 Å². The second-order valence-corrected chi connectivity index (χ2v) is 8.07. The van der Waals surface area contributed by atoms with Crippen LogP contribution in [0.1, 0.15) is 51.9 Å². The van der Waals surface area contributed by atoms with E-state index in [-0.39, 0.29) is 24.0 Å². The minimum atomic E-state index is -0.548. The number of likely N-dealkylation sites (tertiary alicyclic amines) is 1. The van der Waals surface area contributed by atoms with E-state index >= 15 is 0 Å². The van der Waals surface area contributed by atoms with Crippen LogP contribution in [0.2, 0.25) is 0 Å². The Morgan fingerprint density at radius 3 is 2.65 bits per heavy atom. The van der Waals surface area contributed by atoms with Crippen molar-refractivity contribution in [1.29, 1.82) is 0 Å². The molecule has 2 aliphatic rings. The minimum absolute atomic E-state index is 0.170. The summed E-state index contributed by atoms with van der Waals surface area (Å²) in [5.41, 5.74) is 0.180. The number of amides is 1. The first kappa shape index (κ1) is 17.0. The number of nitrogens with zero attached hydrogens (tertiary/aromatic N) is 4. The lowest BCUT2D eigenvalue weighted by atomic mass is 9.98. The summed E-state index contributed by atoms with van der Waals surface area (Å²) in [6.45, 7) is 5.61. The van der Waals surface area contributed by atoms with Gasteiger partial charge in [-0.15, -0.1) is 0 Å². The molecule has 2 heterocycles. The van der Waals surface area contributed by atoms with Crippen LogP contribution in [-0.2, 0) is 4.74 Å². The van der Waals surface area contributed by atoms with Crippen molar-refractivity contribution in [3.63, 3.8) is 0 Å². The van der Waals surface area contributed by atoms with E-state index in [0.29, 0.717) is 11.7 Å². The van der Waals surface area contributed by atoms with Crippen LogP contribution < -0.4 is 0 Å². The molecule has 1 aliphatic heterocycles. The van der Waals surface area contributed by atoms with Crippen LogP contribution in [-0.4, -0.2) is 37.4 Å². The van der Waals surface area contributed by atoms with Crippen LogP contribution in [0.3, 0.4) is 0 Å². The largest absolute Gasteiger partial charge is 0.444 e. The van der Waals surface area contributed by atoms with Gasteiger partial charge in [0.1, 0.15) is 17.7 Å². The topological polar surface area (TPSA) is 60.2 Å². The molecule has 7 heteroatoms. The molecule has 0 radical (unpaired) electrons. The predicted molar refractivity (Wildman–Crippen MR) is 93.3 cm³/mol. The summed E-state index contributed by atoms with van der Waals surface area (Å²) >= 11 is 0. The van der Waals surface area contributed by atoms with Gasteiger partial charge in [0.15, 0.2) is 5.82 Å². The number of carbonyl (C=O) groups excluding carboxylic acids is 1. The number of hydrogen-bond acceptors (Lipinski definition) is 4. The SMILES string of the molecule is CC(C)(C)OC(=O)N1[C@@H]2CC[C@@H](C2)[C@H]1c1ncnn1-c1ccc(F)cc1. The Kier molecular flexibility index (Phi) is 3.97. The normalized spacial score (nSPS) is 24.9. The van der Waals surface area contributed by atoms with E-state index in [1.54, 1.807) is 16.8 Å². The highest BCUT2D eigenvalue weighted by Crippen LogP contribution is 2.50. The first-order chi connectivity index (χ1) is 12.3. The lowest BCUT2D eigenvalue weighted by molar-refractivity contribution is 0.00586. The Hall–Kier alpha value is -2.44. The molecule has 0 unspecified atom stereocenters. The first-order valence-corrected chi connectivity index (χ1v) is 9.00. The van der Waals surface area contributed by atoms with Crippen molar-refractivity contribution >= 4 is 6.09 Å². The van der Waals surface area contributed by atoms with E-state index in [4.69, 9.17) is 4.74 Å². The van der Waals surface area contributed by atoms with Crippen molar-refractivity contribution in [2.45, 2.75) is 57.7 Å². The Morgan fingerprint density at radius 2 is 1.96 bits per heavy atom. The highest BCUT2D eigenvalue weighted by molar-refractivity contribution is 5.70. The van der Waals surface area contributed by atoms with Crippen LogP contribution in [0.25, 0.3) is 5.69 Å². The molecule has 4 rings (SSSR count). The van der Waals surface area contributed by atoms with Gasteiger partial charge < -0.3 is 4.74 Å². The monoisotopic (exact) mass is 358 g/mol. The van der Waals surface area contributed by atoms with Crippen molar-refractivity contribution in [3.8, 4) is 5.69 Å². The smallest absolute Gasteiger partial charge is 0.411 e. The molecule has 2 aromatic rings. The van der Waals surface area contributed by atoms with Gasteiger partial charge >= 0.3 is 6.09 Å². The summed E-state index contributed by atoms with van der Waals surface area (Å²) in [7, 11) is 0. The number of aromatic nitrogens is 3. The molecule has 6 nitrogen and oxygen atoms in total. The van der Waals surface area contributed by atoms with Crippen molar-refractivity contribution in [3.05, 3.63) is 42.2 Å². The van der Waals surface area contributed by atoms with Gasteiger partial charge in [-0.3, -0.25) is 4.90 Å². The number of benzene rings is 1. The van der Waals surface area contributed by atoms with E-state index < -0.39 is 5.60 Å². The van der Waals surface area contributed by atoms with E-state index in [2.05, 4.69) is 10.1 Å². The Bertz CT molecular complexity index is 812. The average molecular weight is 358 g/mol. The van der Waals surface area contributed by atoms with E-state index in [1.165, 1.54) is 18.5 Å².